The lowest BCUT2D eigenvalue weighted by Crippen LogP contribution is -2.53. The standard InChI is InChI=1S/C23H26ClFN4O4S/c1-11(2)20(22(26)30)28-29-23(31)21-18(10-15-17(27-21)6-5-16(24)19(15)25)34(32,33)14-8-12(3)7-13(4)9-14/h5-9,11,20,27-28H,10H2,1-4H3,(H2,26,30)(H,29,31). The number of hydrogen-bond acceptors (Lipinski definition) is 6. The van der Waals surface area contributed by atoms with Crippen LogP contribution in [0, 0.1) is 25.6 Å². The van der Waals surface area contributed by atoms with E-state index in [2.05, 4.69) is 16.2 Å². The Morgan fingerprint density at radius 1 is 1.15 bits per heavy atom. The quantitative estimate of drug-likeness (QED) is 0.425. The topological polar surface area (TPSA) is 130 Å². The van der Waals surface area contributed by atoms with Crippen molar-refractivity contribution < 1.29 is 22.4 Å². The fourth-order valence-corrected chi connectivity index (χ4v) is 5.64. The number of allylic oxidation sites excluding steroid dienone is 1. The molecule has 11 heteroatoms. The molecular formula is C23H26ClFN4O4S. The van der Waals surface area contributed by atoms with Gasteiger partial charge in [-0.05, 0) is 55.2 Å². The van der Waals surface area contributed by atoms with Gasteiger partial charge in [-0.1, -0.05) is 31.5 Å². The van der Waals surface area contributed by atoms with Crippen molar-refractivity contribution >= 4 is 38.9 Å². The number of anilines is 1. The molecule has 0 saturated heterocycles. The molecule has 0 bridgehead atoms. The summed E-state index contributed by atoms with van der Waals surface area (Å²) in [7, 11) is -4.22. The number of nitrogens with one attached hydrogen (secondary N) is 3. The summed E-state index contributed by atoms with van der Waals surface area (Å²) in [6.07, 6.45) is -0.393. The Hall–Kier alpha value is -2.95. The van der Waals surface area contributed by atoms with Crippen LogP contribution in [0.1, 0.15) is 30.5 Å². The molecule has 0 radical (unpaired) electrons. The zero-order chi connectivity index (χ0) is 25.4. The van der Waals surface area contributed by atoms with Crippen molar-refractivity contribution in [3.05, 3.63) is 68.5 Å². The van der Waals surface area contributed by atoms with E-state index >= 15 is 0 Å². The fraction of sp³-hybridized carbons (Fsp3) is 0.304. The highest BCUT2D eigenvalue weighted by Crippen LogP contribution is 2.37. The van der Waals surface area contributed by atoms with Crippen LogP contribution < -0.4 is 21.9 Å². The third-order valence-corrected chi connectivity index (χ3v) is 7.59. The first-order chi connectivity index (χ1) is 15.8. The van der Waals surface area contributed by atoms with Crippen LogP contribution in [0.3, 0.4) is 0 Å². The van der Waals surface area contributed by atoms with E-state index in [1.165, 1.54) is 24.3 Å². The summed E-state index contributed by atoms with van der Waals surface area (Å²) in [5.74, 6) is -2.56. The minimum absolute atomic E-state index is 0.0249. The Balaban J connectivity index is 2.11. The number of fused-ring (bicyclic) bond motifs is 1. The van der Waals surface area contributed by atoms with E-state index in [-0.39, 0.29) is 37.7 Å². The number of halogens is 2. The number of carbonyl (C=O) groups is 2. The van der Waals surface area contributed by atoms with E-state index in [0.29, 0.717) is 11.1 Å². The number of benzene rings is 2. The molecule has 2 aromatic carbocycles. The Labute approximate surface area is 202 Å². The van der Waals surface area contributed by atoms with Gasteiger partial charge in [0.05, 0.1) is 14.8 Å². The van der Waals surface area contributed by atoms with E-state index in [0.717, 1.165) is 0 Å². The molecule has 5 N–H and O–H groups in total. The smallest absolute Gasteiger partial charge is 0.282 e. The number of sulfone groups is 1. The molecule has 1 heterocycles. The van der Waals surface area contributed by atoms with Gasteiger partial charge in [-0.25, -0.2) is 18.2 Å². The summed E-state index contributed by atoms with van der Waals surface area (Å²) in [6.45, 7) is 6.96. The summed E-state index contributed by atoms with van der Waals surface area (Å²) in [6, 6.07) is 6.65. The van der Waals surface area contributed by atoms with E-state index in [1.807, 2.05) is 6.07 Å². The van der Waals surface area contributed by atoms with E-state index in [4.69, 9.17) is 17.3 Å². The number of amides is 2. The molecule has 34 heavy (non-hydrogen) atoms. The maximum absolute atomic E-state index is 14.8. The minimum Gasteiger partial charge on any atom is -0.368 e. The van der Waals surface area contributed by atoms with Gasteiger partial charge in [-0.15, -0.1) is 0 Å². The Bertz CT molecular complexity index is 1290. The molecule has 3 rings (SSSR count). The van der Waals surface area contributed by atoms with Crippen molar-refractivity contribution in [2.75, 3.05) is 5.32 Å². The molecular weight excluding hydrogens is 483 g/mol. The van der Waals surface area contributed by atoms with Gasteiger partial charge < -0.3 is 11.1 Å². The predicted octanol–water partition coefficient (Wildman–Crippen LogP) is 2.88. The lowest BCUT2D eigenvalue weighted by atomic mass is 10.0. The number of carbonyl (C=O) groups excluding carboxylic acids is 2. The lowest BCUT2D eigenvalue weighted by Gasteiger charge is -2.26. The largest absolute Gasteiger partial charge is 0.368 e. The average molecular weight is 509 g/mol. The number of nitrogens with two attached hydrogens (primary N) is 1. The zero-order valence-electron chi connectivity index (χ0n) is 19.1. The van der Waals surface area contributed by atoms with Crippen molar-refractivity contribution in [2.45, 2.75) is 45.1 Å². The van der Waals surface area contributed by atoms with Crippen molar-refractivity contribution in [2.24, 2.45) is 11.7 Å². The molecule has 0 saturated carbocycles. The van der Waals surface area contributed by atoms with Gasteiger partial charge >= 0.3 is 0 Å². The zero-order valence-corrected chi connectivity index (χ0v) is 20.7. The summed E-state index contributed by atoms with van der Waals surface area (Å²) in [5.41, 5.74) is 11.6. The van der Waals surface area contributed by atoms with Gasteiger partial charge in [0, 0.05) is 17.7 Å². The Morgan fingerprint density at radius 2 is 1.76 bits per heavy atom. The third kappa shape index (κ3) is 5.08. The van der Waals surface area contributed by atoms with Gasteiger partial charge in [0.15, 0.2) is 0 Å². The highest BCUT2D eigenvalue weighted by molar-refractivity contribution is 7.95. The molecule has 0 aliphatic carbocycles. The van der Waals surface area contributed by atoms with Crippen molar-refractivity contribution in [3.8, 4) is 0 Å². The fourth-order valence-electron chi connectivity index (χ4n) is 3.75. The van der Waals surface area contributed by atoms with E-state index in [9.17, 15) is 22.4 Å². The molecule has 2 aromatic rings. The molecule has 0 aromatic heterocycles. The van der Waals surface area contributed by atoms with Crippen molar-refractivity contribution in [1.29, 1.82) is 0 Å². The molecule has 0 spiro atoms. The molecule has 8 nitrogen and oxygen atoms in total. The molecule has 1 atom stereocenters. The van der Waals surface area contributed by atoms with Crippen LogP contribution in [-0.2, 0) is 25.8 Å². The highest BCUT2D eigenvalue weighted by atomic mass is 35.5. The maximum atomic E-state index is 14.8. The van der Waals surface area contributed by atoms with E-state index in [1.54, 1.807) is 27.7 Å². The second kappa shape index (κ2) is 9.73. The Morgan fingerprint density at radius 3 is 2.32 bits per heavy atom. The van der Waals surface area contributed by atoms with Crippen LogP contribution in [0.5, 0.6) is 0 Å². The van der Waals surface area contributed by atoms with Crippen molar-refractivity contribution in [1.82, 2.24) is 10.9 Å². The third-order valence-electron chi connectivity index (χ3n) is 5.44. The maximum Gasteiger partial charge on any atom is 0.282 e. The van der Waals surface area contributed by atoms with Gasteiger partial charge in [0.1, 0.15) is 17.6 Å². The second-order valence-electron chi connectivity index (χ2n) is 8.54. The first-order valence-corrected chi connectivity index (χ1v) is 12.3. The normalized spacial score (nSPS) is 14.4. The number of primary amides is 1. The van der Waals surface area contributed by atoms with Crippen LogP contribution in [-0.4, -0.2) is 26.3 Å². The summed E-state index contributed by atoms with van der Waals surface area (Å²) >= 11 is 5.91. The highest BCUT2D eigenvalue weighted by Gasteiger charge is 2.34. The summed E-state index contributed by atoms with van der Waals surface area (Å²) in [4.78, 5) is 24.4. The molecule has 1 aliphatic rings. The van der Waals surface area contributed by atoms with Crippen LogP contribution in [0.4, 0.5) is 10.1 Å². The monoisotopic (exact) mass is 508 g/mol. The van der Waals surface area contributed by atoms with Gasteiger partial charge in [-0.2, -0.15) is 0 Å². The number of aryl methyl sites for hydroxylation is 2. The Kier molecular flexibility index (Phi) is 7.35. The lowest BCUT2D eigenvalue weighted by molar-refractivity contribution is -0.122. The SMILES string of the molecule is Cc1cc(C)cc(S(=O)(=O)C2=C(C(=O)NNC(C(N)=O)C(C)C)Nc3ccc(Cl)c(F)c3C2)c1. The first-order valence-electron chi connectivity index (χ1n) is 10.5. The minimum atomic E-state index is -4.22. The predicted molar refractivity (Wildman–Crippen MR) is 128 cm³/mol. The number of hydrazine groups is 1. The molecule has 0 fully saturated rings. The van der Waals surface area contributed by atoms with E-state index < -0.39 is 39.9 Å². The van der Waals surface area contributed by atoms with Gasteiger partial charge in [0.25, 0.3) is 5.91 Å². The average Bonchev–Trinajstić information content (AvgIpc) is 2.74. The summed E-state index contributed by atoms with van der Waals surface area (Å²) in [5, 5.41) is 2.57. The number of rotatable bonds is 7. The molecule has 2 amide bonds. The number of hydrogen-bond donors (Lipinski definition) is 4. The van der Waals surface area contributed by atoms with Crippen molar-refractivity contribution in [3.63, 3.8) is 0 Å². The van der Waals surface area contributed by atoms with Gasteiger partial charge in [-0.3, -0.25) is 15.0 Å². The summed E-state index contributed by atoms with van der Waals surface area (Å²) < 4.78 is 42.1. The van der Waals surface area contributed by atoms with Crippen LogP contribution in [0.15, 0.2) is 45.8 Å². The van der Waals surface area contributed by atoms with Crippen LogP contribution in [0.2, 0.25) is 5.02 Å². The molecule has 182 valence electrons. The molecule has 1 aliphatic heterocycles. The van der Waals surface area contributed by atoms with Crippen LogP contribution >= 0.6 is 11.6 Å². The van der Waals surface area contributed by atoms with Gasteiger partial charge in [0.2, 0.25) is 15.7 Å². The first kappa shape index (κ1) is 25.7. The van der Waals surface area contributed by atoms with Crippen LogP contribution in [0.25, 0.3) is 0 Å². The second-order valence-corrected chi connectivity index (χ2v) is 10.9. The molecule has 1 unspecified atom stereocenters.